The molecule has 2 aromatic rings. The van der Waals surface area contributed by atoms with Crippen molar-refractivity contribution in [3.05, 3.63) is 71.8 Å². The number of nitrogens with one attached hydrogen (secondary N) is 1. The molecule has 9 heteroatoms. The zero-order chi connectivity index (χ0) is 25.3. The van der Waals surface area contributed by atoms with Crippen LogP contribution in [-0.4, -0.2) is 54.6 Å². The molecule has 0 aliphatic carbocycles. The Morgan fingerprint density at radius 3 is 2.37 bits per heavy atom. The Balaban J connectivity index is 1.77. The Labute approximate surface area is 203 Å². The molecule has 3 amide bonds. The van der Waals surface area contributed by atoms with Gasteiger partial charge in [0.15, 0.2) is 0 Å². The van der Waals surface area contributed by atoms with Crippen LogP contribution < -0.4 is 11.1 Å². The van der Waals surface area contributed by atoms with E-state index in [-0.39, 0.29) is 19.8 Å². The summed E-state index contributed by atoms with van der Waals surface area (Å²) in [5.41, 5.74) is 6.91. The van der Waals surface area contributed by atoms with Crippen LogP contribution in [0.2, 0.25) is 0 Å². The number of alkyl halides is 2. The number of amides is 3. The molecule has 0 saturated carbocycles. The van der Waals surface area contributed by atoms with Gasteiger partial charge in [0.1, 0.15) is 6.04 Å². The molecule has 1 heterocycles. The van der Waals surface area contributed by atoms with Crippen LogP contribution in [0, 0.1) is 17.2 Å². The van der Waals surface area contributed by atoms with E-state index in [1.807, 2.05) is 36.4 Å². The topological polar surface area (TPSA) is 108 Å². The van der Waals surface area contributed by atoms with Crippen LogP contribution in [0.3, 0.4) is 0 Å². The van der Waals surface area contributed by atoms with E-state index in [9.17, 15) is 14.9 Å². The highest BCUT2D eigenvalue weighted by atomic mass is 19.3. The largest absolute Gasteiger partial charge is 0.377 e. The average molecular weight is 485 g/mol. The molecule has 35 heavy (non-hydrogen) atoms. The van der Waals surface area contributed by atoms with Crippen LogP contribution in [0.4, 0.5) is 13.6 Å². The van der Waals surface area contributed by atoms with Crippen molar-refractivity contribution in [2.24, 2.45) is 11.7 Å². The molecular formula is C26H30F2N4O3. The number of carbonyl (C=O) groups is 2. The van der Waals surface area contributed by atoms with Gasteiger partial charge in [-0.05, 0) is 24.0 Å². The van der Waals surface area contributed by atoms with Gasteiger partial charge in [-0.1, -0.05) is 60.7 Å². The number of nitrogens with two attached hydrogens (primary N) is 1. The first kappa shape index (κ1) is 26.1. The number of nitriles is 1. The minimum atomic E-state index is -3.24. The molecule has 2 aromatic carbocycles. The van der Waals surface area contributed by atoms with E-state index in [4.69, 9.17) is 10.5 Å². The lowest BCUT2D eigenvalue weighted by molar-refractivity contribution is -0.135. The molecule has 0 aromatic heterocycles. The third kappa shape index (κ3) is 7.76. The second kappa shape index (κ2) is 12.3. The third-order valence-corrected chi connectivity index (χ3v) is 6.11. The van der Waals surface area contributed by atoms with Gasteiger partial charge in [0.2, 0.25) is 5.91 Å². The molecule has 3 N–H and O–H groups in total. The number of nitrogens with zero attached hydrogens (tertiary/aromatic N) is 2. The van der Waals surface area contributed by atoms with Crippen LogP contribution in [0.25, 0.3) is 0 Å². The summed E-state index contributed by atoms with van der Waals surface area (Å²) in [4.78, 5) is 26.5. The number of primary amides is 1. The lowest BCUT2D eigenvalue weighted by Gasteiger charge is -2.39. The number of carbonyl (C=O) groups excluding carboxylic acids is 2. The third-order valence-electron chi connectivity index (χ3n) is 6.11. The summed E-state index contributed by atoms with van der Waals surface area (Å²) in [7, 11) is 0. The van der Waals surface area contributed by atoms with Crippen molar-refractivity contribution in [1.82, 2.24) is 10.2 Å². The fourth-order valence-corrected chi connectivity index (χ4v) is 4.33. The molecular weight excluding hydrogens is 454 g/mol. The number of urea groups is 1. The number of morpholine rings is 1. The first-order valence-corrected chi connectivity index (χ1v) is 11.6. The summed E-state index contributed by atoms with van der Waals surface area (Å²) in [6.07, 6.45) is -0.520. The Kier molecular flexibility index (Phi) is 9.15. The highest BCUT2D eigenvalue weighted by molar-refractivity contribution is 5.81. The van der Waals surface area contributed by atoms with E-state index in [1.54, 1.807) is 30.3 Å². The molecule has 0 bridgehead atoms. The molecule has 3 rings (SSSR count). The minimum absolute atomic E-state index is 0.0936. The van der Waals surface area contributed by atoms with Crippen molar-refractivity contribution in [1.29, 1.82) is 5.26 Å². The number of aryl methyl sites for hydroxylation is 1. The summed E-state index contributed by atoms with van der Waals surface area (Å²) in [6.45, 7) is 0.208. The normalized spacial score (nSPS) is 17.7. The standard InChI is InChI=1S/C26H30F2N4O3/c27-26(28,15-20-9-5-2-6-10-20)16-22(23-18-35-14-13-32(23)25(30)34)24(33)31-21(17-29)12-11-19-7-3-1-4-8-19/h1-10,21-23H,11-16,18H2,(H2,30,34)(H,31,33)/t21-,22-,23?/m0/s1. The average Bonchev–Trinajstić information content (AvgIpc) is 2.86. The second-order valence-corrected chi connectivity index (χ2v) is 8.72. The minimum Gasteiger partial charge on any atom is -0.377 e. The second-order valence-electron chi connectivity index (χ2n) is 8.72. The predicted octanol–water partition coefficient (Wildman–Crippen LogP) is 3.29. The molecule has 1 fully saturated rings. The number of hydrogen-bond donors (Lipinski definition) is 2. The van der Waals surface area contributed by atoms with Gasteiger partial charge < -0.3 is 20.7 Å². The first-order chi connectivity index (χ1) is 16.8. The smallest absolute Gasteiger partial charge is 0.315 e. The Bertz CT molecular complexity index is 1010. The van der Waals surface area contributed by atoms with Gasteiger partial charge in [-0.3, -0.25) is 4.79 Å². The van der Waals surface area contributed by atoms with E-state index in [1.165, 1.54) is 4.90 Å². The van der Waals surface area contributed by atoms with Crippen LogP contribution in [-0.2, 0) is 22.4 Å². The predicted molar refractivity (Wildman–Crippen MR) is 126 cm³/mol. The zero-order valence-corrected chi connectivity index (χ0v) is 19.4. The van der Waals surface area contributed by atoms with E-state index in [2.05, 4.69) is 5.32 Å². The van der Waals surface area contributed by atoms with Crippen LogP contribution in [0.15, 0.2) is 60.7 Å². The number of rotatable bonds is 10. The van der Waals surface area contributed by atoms with Crippen LogP contribution in [0.5, 0.6) is 0 Å². The van der Waals surface area contributed by atoms with Crippen molar-refractivity contribution < 1.29 is 23.1 Å². The summed E-state index contributed by atoms with van der Waals surface area (Å²) in [5.74, 6) is -5.27. The molecule has 0 radical (unpaired) electrons. The maximum atomic E-state index is 15.2. The molecule has 0 spiro atoms. The number of benzene rings is 2. The van der Waals surface area contributed by atoms with Gasteiger partial charge >= 0.3 is 6.03 Å². The first-order valence-electron chi connectivity index (χ1n) is 11.6. The van der Waals surface area contributed by atoms with Gasteiger partial charge in [0, 0.05) is 19.4 Å². The van der Waals surface area contributed by atoms with Gasteiger partial charge in [-0.15, -0.1) is 0 Å². The van der Waals surface area contributed by atoms with Gasteiger partial charge in [0.25, 0.3) is 5.92 Å². The van der Waals surface area contributed by atoms with Crippen LogP contribution in [0.1, 0.15) is 24.0 Å². The van der Waals surface area contributed by atoms with Crippen molar-refractivity contribution in [3.63, 3.8) is 0 Å². The fraction of sp³-hybridized carbons (Fsp3) is 0.423. The fourth-order valence-electron chi connectivity index (χ4n) is 4.33. The molecule has 1 aliphatic rings. The highest BCUT2D eigenvalue weighted by Crippen LogP contribution is 2.32. The maximum Gasteiger partial charge on any atom is 0.315 e. The quantitative estimate of drug-likeness (QED) is 0.539. The Morgan fingerprint density at radius 1 is 1.14 bits per heavy atom. The molecule has 7 nitrogen and oxygen atoms in total. The number of halogens is 2. The molecule has 1 saturated heterocycles. The Morgan fingerprint density at radius 2 is 1.77 bits per heavy atom. The van der Waals surface area contributed by atoms with Gasteiger partial charge in [0.05, 0.1) is 31.2 Å². The number of ether oxygens (including phenoxy) is 1. The van der Waals surface area contributed by atoms with Crippen molar-refractivity contribution in [3.8, 4) is 6.07 Å². The van der Waals surface area contributed by atoms with Crippen molar-refractivity contribution >= 4 is 11.9 Å². The highest BCUT2D eigenvalue weighted by Gasteiger charge is 2.44. The summed E-state index contributed by atoms with van der Waals surface area (Å²) in [6, 6.07) is 17.1. The van der Waals surface area contributed by atoms with E-state index in [0.29, 0.717) is 18.4 Å². The molecule has 1 aliphatic heterocycles. The lowest BCUT2D eigenvalue weighted by atomic mass is 9.88. The molecule has 1 unspecified atom stereocenters. The summed E-state index contributed by atoms with van der Waals surface area (Å²) in [5, 5.41) is 12.2. The summed E-state index contributed by atoms with van der Waals surface area (Å²) < 4.78 is 35.8. The zero-order valence-electron chi connectivity index (χ0n) is 19.4. The van der Waals surface area contributed by atoms with E-state index in [0.717, 1.165) is 5.56 Å². The van der Waals surface area contributed by atoms with Gasteiger partial charge in [-0.2, -0.15) is 5.26 Å². The Hall–Kier alpha value is -3.51. The lowest BCUT2D eigenvalue weighted by Crippen LogP contribution is -2.58. The van der Waals surface area contributed by atoms with Gasteiger partial charge in [-0.25, -0.2) is 13.6 Å². The monoisotopic (exact) mass is 484 g/mol. The molecule has 3 atom stereocenters. The maximum absolute atomic E-state index is 15.2. The summed E-state index contributed by atoms with van der Waals surface area (Å²) >= 11 is 0. The van der Waals surface area contributed by atoms with Crippen molar-refractivity contribution in [2.75, 3.05) is 19.8 Å². The molecule has 186 valence electrons. The SMILES string of the molecule is N#C[C@H](CCc1ccccc1)NC(=O)[C@@H](CC(F)(F)Cc1ccccc1)C1COCCN1C(N)=O. The van der Waals surface area contributed by atoms with Crippen molar-refractivity contribution in [2.45, 2.75) is 43.7 Å². The van der Waals surface area contributed by atoms with E-state index < -0.39 is 48.7 Å². The van der Waals surface area contributed by atoms with Crippen LogP contribution >= 0.6 is 0 Å². The van der Waals surface area contributed by atoms with E-state index >= 15 is 8.78 Å². The number of hydrogen-bond acceptors (Lipinski definition) is 4.